The molecule has 6 nitrogen and oxygen atoms in total. The van der Waals surface area contributed by atoms with E-state index in [4.69, 9.17) is 28.5 Å². The van der Waals surface area contributed by atoms with Gasteiger partial charge in [-0.15, -0.1) is 5.92 Å². The van der Waals surface area contributed by atoms with Gasteiger partial charge in [0.05, 0.1) is 17.8 Å². The molecule has 1 aliphatic rings. The molecular weight excluding hydrogens is 387 g/mol. The van der Waals surface area contributed by atoms with Crippen LogP contribution in [0.25, 0.3) is 0 Å². The van der Waals surface area contributed by atoms with Crippen LogP contribution in [0.4, 0.5) is 0 Å². The molecular formula is C19H12Cl2N4O2. The van der Waals surface area contributed by atoms with Crippen molar-refractivity contribution in [2.75, 3.05) is 0 Å². The topological polar surface area (TPSA) is 86.1 Å². The molecule has 0 spiro atoms. The number of halogens is 2. The van der Waals surface area contributed by atoms with Gasteiger partial charge in [-0.1, -0.05) is 29.1 Å². The Hall–Kier alpha value is -3.06. The Labute approximate surface area is 165 Å². The first-order chi connectivity index (χ1) is 12.9. The molecule has 1 aromatic heterocycles. The zero-order valence-corrected chi connectivity index (χ0v) is 15.6. The highest BCUT2D eigenvalue weighted by Crippen LogP contribution is 2.36. The van der Waals surface area contributed by atoms with Gasteiger partial charge in [0, 0.05) is 27.4 Å². The third-order valence-corrected chi connectivity index (χ3v) is 4.56. The third kappa shape index (κ3) is 3.73. The maximum absolute atomic E-state index is 12.8. The lowest BCUT2D eigenvalue weighted by Gasteiger charge is -2.15. The largest absolute Gasteiger partial charge is 0.272 e. The van der Waals surface area contributed by atoms with Crippen LogP contribution < -0.4 is 5.43 Å². The highest BCUT2D eigenvalue weighted by atomic mass is 35.5. The molecule has 27 heavy (non-hydrogen) atoms. The minimum Gasteiger partial charge on any atom is -0.272 e. The molecule has 1 fully saturated rings. The van der Waals surface area contributed by atoms with Crippen LogP contribution in [-0.2, 0) is 16.1 Å². The van der Waals surface area contributed by atoms with Crippen molar-refractivity contribution in [3.05, 3.63) is 62.9 Å². The Morgan fingerprint density at radius 1 is 1.22 bits per heavy atom. The van der Waals surface area contributed by atoms with Gasteiger partial charge in [-0.05, 0) is 31.2 Å². The van der Waals surface area contributed by atoms with Crippen LogP contribution in [0.5, 0.6) is 0 Å². The van der Waals surface area contributed by atoms with Crippen LogP contribution in [0.3, 0.4) is 0 Å². The molecule has 0 radical (unpaired) electrons. The summed E-state index contributed by atoms with van der Waals surface area (Å²) in [6, 6.07) is 8.32. The van der Waals surface area contributed by atoms with Crippen LogP contribution in [0, 0.1) is 23.2 Å². The minimum absolute atomic E-state index is 0.0570. The summed E-state index contributed by atoms with van der Waals surface area (Å²) < 4.78 is 0. The molecule has 1 saturated heterocycles. The van der Waals surface area contributed by atoms with E-state index in [2.05, 4.69) is 22.3 Å². The Morgan fingerprint density at radius 3 is 2.48 bits per heavy atom. The fraction of sp³-hybridized carbons (Fsp3) is 0.158. The summed E-state index contributed by atoms with van der Waals surface area (Å²) in [6.07, 6.45) is 1.40. The van der Waals surface area contributed by atoms with Crippen LogP contribution in [-0.4, -0.2) is 21.8 Å². The summed E-state index contributed by atoms with van der Waals surface area (Å²) in [4.78, 5) is 29.3. The van der Waals surface area contributed by atoms with Crippen molar-refractivity contribution >= 4 is 35.0 Å². The average molecular weight is 399 g/mol. The van der Waals surface area contributed by atoms with Gasteiger partial charge in [0.25, 0.3) is 11.8 Å². The van der Waals surface area contributed by atoms with Crippen molar-refractivity contribution in [3.63, 3.8) is 0 Å². The lowest BCUT2D eigenvalue weighted by molar-refractivity contribution is -0.131. The molecule has 0 aliphatic carbocycles. The first-order valence-corrected chi connectivity index (χ1v) is 8.58. The van der Waals surface area contributed by atoms with E-state index in [1.807, 2.05) is 6.07 Å². The van der Waals surface area contributed by atoms with Crippen molar-refractivity contribution in [1.29, 1.82) is 5.26 Å². The lowest BCUT2D eigenvalue weighted by atomic mass is 9.97. The van der Waals surface area contributed by atoms with E-state index in [1.54, 1.807) is 31.2 Å². The Balaban J connectivity index is 1.88. The van der Waals surface area contributed by atoms with E-state index in [0.29, 0.717) is 16.8 Å². The Morgan fingerprint density at radius 2 is 1.93 bits per heavy atom. The smallest absolute Gasteiger partial charge is 0.258 e. The third-order valence-electron chi connectivity index (χ3n) is 3.93. The van der Waals surface area contributed by atoms with Gasteiger partial charge in [-0.3, -0.25) is 20.0 Å². The van der Waals surface area contributed by atoms with Crippen molar-refractivity contribution in [3.8, 4) is 17.9 Å². The molecule has 2 heterocycles. The van der Waals surface area contributed by atoms with Crippen molar-refractivity contribution < 1.29 is 9.59 Å². The van der Waals surface area contributed by atoms with E-state index >= 15 is 0 Å². The number of amides is 2. The number of nitrogens with one attached hydrogen (secondary N) is 1. The van der Waals surface area contributed by atoms with E-state index in [1.165, 1.54) is 6.20 Å². The summed E-state index contributed by atoms with van der Waals surface area (Å²) in [5.41, 5.74) is 4.29. The van der Waals surface area contributed by atoms with E-state index in [0.717, 1.165) is 5.01 Å². The van der Waals surface area contributed by atoms with E-state index in [-0.39, 0.29) is 22.2 Å². The highest BCUT2D eigenvalue weighted by molar-refractivity contribution is 6.37. The molecule has 0 bridgehead atoms. The molecule has 0 saturated carbocycles. The number of benzene rings is 1. The number of nitriles is 1. The molecule has 134 valence electrons. The normalized spacial score (nSPS) is 15.8. The number of hydrogen-bond acceptors (Lipinski definition) is 4. The van der Waals surface area contributed by atoms with Crippen LogP contribution in [0.2, 0.25) is 10.0 Å². The van der Waals surface area contributed by atoms with Crippen molar-refractivity contribution in [2.45, 2.75) is 19.4 Å². The quantitative estimate of drug-likeness (QED) is 0.635. The molecule has 1 aliphatic heterocycles. The maximum atomic E-state index is 12.8. The first-order valence-electron chi connectivity index (χ1n) is 7.83. The van der Waals surface area contributed by atoms with Gasteiger partial charge in [0.15, 0.2) is 0 Å². The number of carbonyl (C=O) groups excluding carboxylic acids is 2. The lowest BCUT2D eigenvalue weighted by Crippen LogP contribution is -2.35. The summed E-state index contributed by atoms with van der Waals surface area (Å²) >= 11 is 12.6. The SMILES string of the molecule is CC#Cc1cc(Cl)c(C2C(=O)NN(Cc3ccc(C#N)cn3)C2=O)c(Cl)c1. The summed E-state index contributed by atoms with van der Waals surface area (Å²) in [7, 11) is 0. The number of aromatic nitrogens is 1. The first kappa shape index (κ1) is 18.7. The van der Waals surface area contributed by atoms with Gasteiger partial charge >= 0.3 is 0 Å². The molecule has 8 heteroatoms. The summed E-state index contributed by atoms with van der Waals surface area (Å²) in [5, 5.41) is 10.4. The fourth-order valence-electron chi connectivity index (χ4n) is 2.72. The van der Waals surface area contributed by atoms with Crippen molar-refractivity contribution in [1.82, 2.24) is 15.4 Å². The molecule has 1 N–H and O–H groups in total. The summed E-state index contributed by atoms with van der Waals surface area (Å²) in [5.74, 6) is 3.42. The molecule has 3 rings (SSSR count). The number of carbonyl (C=O) groups is 2. The number of hydrogen-bond donors (Lipinski definition) is 1. The number of hydrazine groups is 1. The standard InChI is InChI=1S/C19H12Cl2N4O2/c1-2-3-11-6-14(20)16(15(21)7-11)17-18(26)24-25(19(17)27)10-13-5-4-12(8-22)9-23-13/h4-7,9,17H,10H2,1H3,(H,24,26). The molecule has 2 amide bonds. The fourth-order valence-corrected chi connectivity index (χ4v) is 3.42. The second-order valence-corrected chi connectivity index (χ2v) is 6.53. The molecule has 1 unspecified atom stereocenters. The van der Waals surface area contributed by atoms with Crippen LogP contribution in [0.15, 0.2) is 30.5 Å². The average Bonchev–Trinajstić information content (AvgIpc) is 2.90. The second kappa shape index (κ2) is 7.67. The van der Waals surface area contributed by atoms with Crippen molar-refractivity contribution in [2.24, 2.45) is 0 Å². The highest BCUT2D eigenvalue weighted by Gasteiger charge is 2.42. The van der Waals surface area contributed by atoms with E-state index < -0.39 is 17.7 Å². The zero-order valence-electron chi connectivity index (χ0n) is 14.1. The van der Waals surface area contributed by atoms with Gasteiger partial charge in [0.1, 0.15) is 12.0 Å². The van der Waals surface area contributed by atoms with Gasteiger partial charge in [-0.25, -0.2) is 5.01 Å². The van der Waals surface area contributed by atoms with Crippen LogP contribution >= 0.6 is 23.2 Å². The number of pyridine rings is 1. The molecule has 1 atom stereocenters. The molecule has 1 aromatic carbocycles. The second-order valence-electron chi connectivity index (χ2n) is 5.71. The maximum Gasteiger partial charge on any atom is 0.258 e. The van der Waals surface area contributed by atoms with Gasteiger partial charge in [-0.2, -0.15) is 5.26 Å². The minimum atomic E-state index is -1.15. The van der Waals surface area contributed by atoms with Gasteiger partial charge < -0.3 is 0 Å². The predicted molar refractivity (Wildman–Crippen MR) is 99.4 cm³/mol. The van der Waals surface area contributed by atoms with Crippen LogP contribution in [0.1, 0.15) is 35.2 Å². The summed E-state index contributed by atoms with van der Waals surface area (Å²) in [6.45, 7) is 1.74. The Bertz CT molecular complexity index is 1010. The predicted octanol–water partition coefficient (Wildman–Crippen LogP) is 2.79. The Kier molecular flexibility index (Phi) is 5.32. The number of rotatable bonds is 3. The molecule has 2 aromatic rings. The van der Waals surface area contributed by atoms with Gasteiger partial charge in [0.2, 0.25) is 0 Å². The zero-order chi connectivity index (χ0) is 19.6. The monoisotopic (exact) mass is 398 g/mol. The van der Waals surface area contributed by atoms with E-state index in [9.17, 15) is 9.59 Å². The number of nitrogens with zero attached hydrogens (tertiary/aromatic N) is 3.